The fourth-order valence-corrected chi connectivity index (χ4v) is 2.87. The van der Waals surface area contributed by atoms with Crippen molar-refractivity contribution in [2.75, 3.05) is 13.1 Å². The minimum absolute atomic E-state index is 0. The van der Waals surface area contributed by atoms with E-state index in [1.807, 2.05) is 18.3 Å². The topological polar surface area (TPSA) is 77.2 Å². The van der Waals surface area contributed by atoms with Crippen LogP contribution in [0.1, 0.15) is 18.4 Å². The van der Waals surface area contributed by atoms with Crippen LogP contribution < -0.4 is 10.6 Å². The molecule has 1 amide bonds. The maximum Gasteiger partial charge on any atom is 0.237 e. The highest BCUT2D eigenvalue weighted by molar-refractivity contribution is 5.85. The number of hydrogen-bond acceptors (Lipinski definition) is 3. The van der Waals surface area contributed by atoms with Gasteiger partial charge >= 0.3 is 0 Å². The van der Waals surface area contributed by atoms with Crippen molar-refractivity contribution in [2.45, 2.75) is 31.4 Å². The second kappa shape index (κ2) is 7.63. The Balaban J connectivity index is 0.00000176. The number of H-pyrrole nitrogens is 1. The van der Waals surface area contributed by atoms with Crippen molar-refractivity contribution in [3.8, 4) is 0 Å². The van der Waals surface area contributed by atoms with Crippen LogP contribution in [0.25, 0.3) is 10.9 Å². The van der Waals surface area contributed by atoms with E-state index in [0.29, 0.717) is 19.5 Å². The van der Waals surface area contributed by atoms with Gasteiger partial charge in [0.25, 0.3) is 0 Å². The Hall–Kier alpha value is -1.56. The maximum atomic E-state index is 11.9. The van der Waals surface area contributed by atoms with Gasteiger partial charge in [0.05, 0.1) is 12.1 Å². The van der Waals surface area contributed by atoms with E-state index in [-0.39, 0.29) is 24.4 Å². The summed E-state index contributed by atoms with van der Waals surface area (Å²) in [4.78, 5) is 15.1. The SMILES string of the molecule is Cl.O=C(NCCCc1c[nH]c2ccccc12)C1CC(O)CN1. The number of β-amino-alcohol motifs (C(OH)–C–C–N with tert-alkyl or cyclic N) is 1. The van der Waals surface area contributed by atoms with E-state index in [1.165, 1.54) is 10.9 Å². The molecule has 22 heavy (non-hydrogen) atoms. The zero-order valence-electron chi connectivity index (χ0n) is 12.3. The Bertz CT molecular complexity index is 629. The van der Waals surface area contributed by atoms with Gasteiger partial charge in [-0.05, 0) is 30.9 Å². The van der Waals surface area contributed by atoms with Crippen molar-refractivity contribution in [1.82, 2.24) is 15.6 Å². The molecule has 2 unspecified atom stereocenters. The first-order valence-corrected chi connectivity index (χ1v) is 7.48. The maximum absolute atomic E-state index is 11.9. The van der Waals surface area contributed by atoms with E-state index in [0.717, 1.165) is 18.4 Å². The van der Waals surface area contributed by atoms with E-state index in [1.54, 1.807) is 0 Å². The summed E-state index contributed by atoms with van der Waals surface area (Å²) in [6.45, 7) is 1.17. The number of aromatic nitrogens is 1. The second-order valence-corrected chi connectivity index (χ2v) is 5.60. The van der Waals surface area contributed by atoms with Gasteiger partial charge in [-0.1, -0.05) is 18.2 Å². The van der Waals surface area contributed by atoms with E-state index >= 15 is 0 Å². The highest BCUT2D eigenvalue weighted by Gasteiger charge is 2.27. The molecule has 5 nitrogen and oxygen atoms in total. The number of halogens is 1. The van der Waals surface area contributed by atoms with E-state index < -0.39 is 6.10 Å². The standard InChI is InChI=1S/C16H21N3O2.ClH/c20-12-8-15(19-10-12)16(21)17-7-3-4-11-9-18-14-6-2-1-5-13(11)14;/h1-2,5-6,9,12,15,18-20H,3-4,7-8,10H2,(H,17,21);1H. The van der Waals surface area contributed by atoms with Crippen LogP contribution in [0.4, 0.5) is 0 Å². The molecule has 0 bridgehead atoms. The summed E-state index contributed by atoms with van der Waals surface area (Å²) in [6.07, 6.45) is 4.00. The number of rotatable bonds is 5. The van der Waals surface area contributed by atoms with Crippen molar-refractivity contribution in [1.29, 1.82) is 0 Å². The summed E-state index contributed by atoms with van der Waals surface area (Å²) < 4.78 is 0. The minimum Gasteiger partial charge on any atom is -0.392 e. The Morgan fingerprint density at radius 1 is 1.36 bits per heavy atom. The molecule has 1 aromatic carbocycles. The summed E-state index contributed by atoms with van der Waals surface area (Å²) in [6, 6.07) is 8.00. The molecule has 0 spiro atoms. The lowest BCUT2D eigenvalue weighted by Crippen LogP contribution is -2.40. The molecule has 1 aliphatic rings. The first kappa shape index (κ1) is 16.8. The number of benzene rings is 1. The number of fused-ring (bicyclic) bond motifs is 1. The lowest BCUT2D eigenvalue weighted by molar-refractivity contribution is -0.122. The third-order valence-electron chi connectivity index (χ3n) is 4.02. The minimum atomic E-state index is -0.396. The van der Waals surface area contributed by atoms with E-state index in [2.05, 4.69) is 27.8 Å². The molecule has 2 heterocycles. The number of hydrogen-bond donors (Lipinski definition) is 4. The highest BCUT2D eigenvalue weighted by atomic mass is 35.5. The number of carbonyl (C=O) groups is 1. The van der Waals surface area contributed by atoms with Crippen LogP contribution >= 0.6 is 12.4 Å². The average Bonchev–Trinajstić information content (AvgIpc) is 3.10. The van der Waals surface area contributed by atoms with Gasteiger partial charge in [0.1, 0.15) is 0 Å². The predicted octanol–water partition coefficient (Wildman–Crippen LogP) is 1.36. The number of nitrogens with one attached hydrogen (secondary N) is 3. The quantitative estimate of drug-likeness (QED) is 0.628. The highest BCUT2D eigenvalue weighted by Crippen LogP contribution is 2.18. The first-order valence-electron chi connectivity index (χ1n) is 7.48. The Morgan fingerprint density at radius 2 is 2.18 bits per heavy atom. The van der Waals surface area contributed by atoms with Crippen LogP contribution in [0.15, 0.2) is 30.5 Å². The number of aryl methyl sites for hydroxylation is 1. The van der Waals surface area contributed by atoms with Gasteiger partial charge < -0.3 is 20.7 Å². The lowest BCUT2D eigenvalue weighted by Gasteiger charge is -2.10. The molecule has 1 saturated heterocycles. The Labute approximate surface area is 135 Å². The van der Waals surface area contributed by atoms with Gasteiger partial charge in [0, 0.05) is 30.2 Å². The van der Waals surface area contributed by atoms with Crippen molar-refractivity contribution in [3.05, 3.63) is 36.0 Å². The largest absolute Gasteiger partial charge is 0.392 e. The van der Waals surface area contributed by atoms with Crippen molar-refractivity contribution >= 4 is 29.2 Å². The van der Waals surface area contributed by atoms with Crippen LogP contribution in [-0.4, -0.2) is 41.2 Å². The summed E-state index contributed by atoms with van der Waals surface area (Å²) in [5.74, 6) is -0.00882. The molecule has 1 aromatic heterocycles. The predicted molar refractivity (Wildman–Crippen MR) is 89.3 cm³/mol. The number of carbonyl (C=O) groups excluding carboxylic acids is 1. The average molecular weight is 324 g/mol. The van der Waals surface area contributed by atoms with Crippen molar-refractivity contribution in [2.24, 2.45) is 0 Å². The van der Waals surface area contributed by atoms with E-state index in [9.17, 15) is 9.90 Å². The number of amides is 1. The lowest BCUT2D eigenvalue weighted by atomic mass is 10.1. The van der Waals surface area contributed by atoms with Gasteiger partial charge in [0.2, 0.25) is 5.91 Å². The molecular weight excluding hydrogens is 302 g/mol. The van der Waals surface area contributed by atoms with Crippen molar-refractivity contribution < 1.29 is 9.90 Å². The van der Waals surface area contributed by atoms with E-state index in [4.69, 9.17) is 0 Å². The van der Waals surface area contributed by atoms with Gasteiger partial charge in [-0.3, -0.25) is 4.79 Å². The zero-order chi connectivity index (χ0) is 14.7. The molecule has 6 heteroatoms. The molecule has 120 valence electrons. The molecular formula is C16H22ClN3O2. The zero-order valence-corrected chi connectivity index (χ0v) is 13.2. The number of aromatic amines is 1. The van der Waals surface area contributed by atoms with Crippen LogP contribution in [0.3, 0.4) is 0 Å². The molecule has 2 atom stereocenters. The number of aliphatic hydroxyl groups excluding tert-OH is 1. The second-order valence-electron chi connectivity index (χ2n) is 5.60. The molecule has 3 rings (SSSR count). The van der Waals surface area contributed by atoms with Gasteiger partial charge in [-0.15, -0.1) is 12.4 Å². The van der Waals surface area contributed by atoms with Crippen LogP contribution in [0.2, 0.25) is 0 Å². The fraction of sp³-hybridized carbons (Fsp3) is 0.438. The number of para-hydroxylation sites is 1. The molecule has 1 fully saturated rings. The van der Waals surface area contributed by atoms with Crippen LogP contribution in [0, 0.1) is 0 Å². The molecule has 2 aromatic rings. The number of aliphatic hydroxyl groups is 1. The smallest absolute Gasteiger partial charge is 0.237 e. The normalized spacial score (nSPS) is 20.8. The monoisotopic (exact) mass is 323 g/mol. The summed E-state index contributed by atoms with van der Waals surface area (Å²) in [5, 5.41) is 16.6. The van der Waals surface area contributed by atoms with Crippen LogP contribution in [0.5, 0.6) is 0 Å². The van der Waals surface area contributed by atoms with Gasteiger partial charge in [-0.2, -0.15) is 0 Å². The summed E-state index contributed by atoms with van der Waals surface area (Å²) in [7, 11) is 0. The molecule has 4 N–H and O–H groups in total. The van der Waals surface area contributed by atoms with Gasteiger partial charge in [-0.25, -0.2) is 0 Å². The third-order valence-corrected chi connectivity index (χ3v) is 4.02. The molecule has 0 aliphatic carbocycles. The van der Waals surface area contributed by atoms with Crippen LogP contribution in [-0.2, 0) is 11.2 Å². The van der Waals surface area contributed by atoms with Gasteiger partial charge in [0.15, 0.2) is 0 Å². The molecule has 0 saturated carbocycles. The fourth-order valence-electron chi connectivity index (χ4n) is 2.87. The van der Waals surface area contributed by atoms with Crippen molar-refractivity contribution in [3.63, 3.8) is 0 Å². The third kappa shape index (κ3) is 3.80. The summed E-state index contributed by atoms with van der Waals surface area (Å²) >= 11 is 0. The Morgan fingerprint density at radius 3 is 2.95 bits per heavy atom. The molecule has 0 radical (unpaired) electrons. The molecule has 1 aliphatic heterocycles. The summed E-state index contributed by atoms with van der Waals surface area (Å²) in [5.41, 5.74) is 2.44. The Kier molecular flexibility index (Phi) is 5.83. The first-order chi connectivity index (χ1) is 10.2.